The van der Waals surface area contributed by atoms with Crippen molar-refractivity contribution in [3.05, 3.63) is 52.9 Å². The molecule has 2 rings (SSSR count). The molecule has 0 saturated carbocycles. The number of halogens is 1. The summed E-state index contributed by atoms with van der Waals surface area (Å²) in [5, 5.41) is 3.33. The molecule has 0 aliphatic rings. The van der Waals surface area contributed by atoms with Gasteiger partial charge in [-0.25, -0.2) is 4.98 Å². The van der Waals surface area contributed by atoms with Crippen LogP contribution in [0, 0.1) is 0 Å². The van der Waals surface area contributed by atoms with Crippen molar-refractivity contribution in [3.63, 3.8) is 0 Å². The van der Waals surface area contributed by atoms with Gasteiger partial charge in [0.1, 0.15) is 5.82 Å². The van der Waals surface area contributed by atoms with Crippen LogP contribution < -0.4 is 5.32 Å². The topological polar surface area (TPSA) is 37.8 Å². The van der Waals surface area contributed by atoms with Gasteiger partial charge in [-0.2, -0.15) is 0 Å². The number of pyridine rings is 2. The van der Waals surface area contributed by atoms with Gasteiger partial charge in [-0.05, 0) is 46.6 Å². The van der Waals surface area contributed by atoms with Gasteiger partial charge in [0, 0.05) is 18.6 Å². The van der Waals surface area contributed by atoms with Gasteiger partial charge < -0.3 is 5.32 Å². The summed E-state index contributed by atoms with van der Waals surface area (Å²) in [6.45, 7) is 2.08. The number of hydrogen-bond acceptors (Lipinski definition) is 3. The molecule has 3 nitrogen and oxygen atoms in total. The van der Waals surface area contributed by atoms with E-state index in [2.05, 4.69) is 38.1 Å². The molecule has 2 aromatic rings. The molecule has 0 aromatic carbocycles. The number of aromatic nitrogens is 2. The summed E-state index contributed by atoms with van der Waals surface area (Å²) in [5.74, 6) is 0.846. The normalized spacial score (nSPS) is 12.1. The van der Waals surface area contributed by atoms with Crippen LogP contribution in [0.15, 0.2) is 47.3 Å². The van der Waals surface area contributed by atoms with E-state index >= 15 is 0 Å². The molecular formula is C12H12BrN3. The fourth-order valence-electron chi connectivity index (χ4n) is 1.41. The Labute approximate surface area is 103 Å². The molecule has 1 atom stereocenters. The second-order valence-electron chi connectivity index (χ2n) is 3.49. The van der Waals surface area contributed by atoms with Gasteiger partial charge in [0.25, 0.3) is 0 Å². The van der Waals surface area contributed by atoms with Crippen LogP contribution in [0.4, 0.5) is 5.82 Å². The molecule has 82 valence electrons. The lowest BCUT2D eigenvalue weighted by molar-refractivity contribution is 0.865. The maximum atomic E-state index is 4.27. The first-order valence-electron chi connectivity index (χ1n) is 5.04. The molecule has 0 radical (unpaired) electrons. The van der Waals surface area contributed by atoms with Crippen LogP contribution in [0.1, 0.15) is 18.5 Å². The van der Waals surface area contributed by atoms with Crippen molar-refractivity contribution in [2.45, 2.75) is 13.0 Å². The molecular weight excluding hydrogens is 266 g/mol. The standard InChI is InChI=1S/C12H12BrN3/c1-9(10-4-2-6-14-8-10)16-12-11(13)5-3-7-15-12/h2-9H,1H3,(H,15,16). The molecule has 0 spiro atoms. The quantitative estimate of drug-likeness (QED) is 0.934. The smallest absolute Gasteiger partial charge is 0.140 e. The molecule has 1 unspecified atom stereocenters. The van der Waals surface area contributed by atoms with E-state index in [-0.39, 0.29) is 6.04 Å². The summed E-state index contributed by atoms with van der Waals surface area (Å²) >= 11 is 3.46. The fourth-order valence-corrected chi connectivity index (χ4v) is 1.78. The Morgan fingerprint density at radius 3 is 2.75 bits per heavy atom. The minimum atomic E-state index is 0.180. The average molecular weight is 278 g/mol. The Hall–Kier alpha value is -1.42. The van der Waals surface area contributed by atoms with E-state index in [1.165, 1.54) is 0 Å². The van der Waals surface area contributed by atoms with Crippen LogP contribution >= 0.6 is 15.9 Å². The lowest BCUT2D eigenvalue weighted by atomic mass is 10.1. The monoisotopic (exact) mass is 277 g/mol. The van der Waals surface area contributed by atoms with Crippen molar-refractivity contribution in [1.29, 1.82) is 0 Å². The number of rotatable bonds is 3. The van der Waals surface area contributed by atoms with Crippen molar-refractivity contribution in [2.75, 3.05) is 5.32 Å². The van der Waals surface area contributed by atoms with Crippen molar-refractivity contribution >= 4 is 21.7 Å². The third-order valence-electron chi connectivity index (χ3n) is 2.30. The highest BCUT2D eigenvalue weighted by Gasteiger charge is 2.07. The summed E-state index contributed by atoms with van der Waals surface area (Å²) in [6, 6.07) is 8.01. The molecule has 0 saturated heterocycles. The molecule has 0 bridgehead atoms. The number of hydrogen-bond donors (Lipinski definition) is 1. The molecule has 1 N–H and O–H groups in total. The molecule has 2 heterocycles. The average Bonchev–Trinajstić information content (AvgIpc) is 2.33. The predicted molar refractivity (Wildman–Crippen MR) is 68.2 cm³/mol. The molecule has 0 amide bonds. The first-order chi connectivity index (χ1) is 7.77. The zero-order chi connectivity index (χ0) is 11.4. The van der Waals surface area contributed by atoms with E-state index in [9.17, 15) is 0 Å². The zero-order valence-electron chi connectivity index (χ0n) is 8.89. The Kier molecular flexibility index (Phi) is 3.51. The summed E-state index contributed by atoms with van der Waals surface area (Å²) in [7, 11) is 0. The highest BCUT2D eigenvalue weighted by atomic mass is 79.9. The number of anilines is 1. The summed E-state index contributed by atoms with van der Waals surface area (Å²) < 4.78 is 0.964. The van der Waals surface area contributed by atoms with Gasteiger partial charge in [0.2, 0.25) is 0 Å². The van der Waals surface area contributed by atoms with Gasteiger partial charge in [-0.3, -0.25) is 4.98 Å². The van der Waals surface area contributed by atoms with E-state index in [1.54, 1.807) is 12.4 Å². The number of nitrogens with zero attached hydrogens (tertiary/aromatic N) is 2. The van der Waals surface area contributed by atoms with Crippen LogP contribution in [0.5, 0.6) is 0 Å². The van der Waals surface area contributed by atoms with Crippen molar-refractivity contribution in [1.82, 2.24) is 9.97 Å². The first-order valence-corrected chi connectivity index (χ1v) is 5.83. The van der Waals surface area contributed by atoms with Crippen LogP contribution in [-0.4, -0.2) is 9.97 Å². The van der Waals surface area contributed by atoms with E-state index in [1.807, 2.05) is 30.5 Å². The van der Waals surface area contributed by atoms with Gasteiger partial charge >= 0.3 is 0 Å². The highest BCUT2D eigenvalue weighted by molar-refractivity contribution is 9.10. The van der Waals surface area contributed by atoms with Crippen LogP contribution in [0.3, 0.4) is 0 Å². The minimum absolute atomic E-state index is 0.180. The Balaban J connectivity index is 2.14. The zero-order valence-corrected chi connectivity index (χ0v) is 10.5. The lowest BCUT2D eigenvalue weighted by Crippen LogP contribution is -2.08. The fraction of sp³-hybridized carbons (Fsp3) is 0.167. The third kappa shape index (κ3) is 2.58. The lowest BCUT2D eigenvalue weighted by Gasteiger charge is -2.15. The second-order valence-corrected chi connectivity index (χ2v) is 4.34. The van der Waals surface area contributed by atoms with E-state index < -0.39 is 0 Å². The highest BCUT2D eigenvalue weighted by Crippen LogP contribution is 2.23. The molecule has 0 aliphatic heterocycles. The molecule has 4 heteroatoms. The van der Waals surface area contributed by atoms with E-state index in [4.69, 9.17) is 0 Å². The maximum absolute atomic E-state index is 4.27. The third-order valence-corrected chi connectivity index (χ3v) is 2.94. The van der Waals surface area contributed by atoms with E-state index in [0.717, 1.165) is 15.9 Å². The summed E-state index contributed by atoms with van der Waals surface area (Å²) in [4.78, 5) is 8.36. The molecule has 0 aliphatic carbocycles. The summed E-state index contributed by atoms with van der Waals surface area (Å²) in [6.07, 6.45) is 5.39. The first kappa shape index (κ1) is 11.1. The SMILES string of the molecule is CC(Nc1ncccc1Br)c1cccnc1. The van der Waals surface area contributed by atoms with Crippen molar-refractivity contribution in [3.8, 4) is 0 Å². The Bertz CT molecular complexity index is 459. The predicted octanol–water partition coefficient (Wildman–Crippen LogP) is 3.41. The van der Waals surface area contributed by atoms with Gasteiger partial charge in [0.15, 0.2) is 0 Å². The number of nitrogens with one attached hydrogen (secondary N) is 1. The van der Waals surface area contributed by atoms with E-state index in [0.29, 0.717) is 0 Å². The maximum Gasteiger partial charge on any atom is 0.140 e. The largest absolute Gasteiger partial charge is 0.363 e. The van der Waals surface area contributed by atoms with Crippen LogP contribution in [0.25, 0.3) is 0 Å². The van der Waals surface area contributed by atoms with Crippen molar-refractivity contribution < 1.29 is 0 Å². The van der Waals surface area contributed by atoms with Gasteiger partial charge in [0.05, 0.1) is 10.5 Å². The van der Waals surface area contributed by atoms with Crippen LogP contribution in [-0.2, 0) is 0 Å². The second kappa shape index (κ2) is 5.07. The Morgan fingerprint density at radius 1 is 1.25 bits per heavy atom. The van der Waals surface area contributed by atoms with Crippen molar-refractivity contribution in [2.24, 2.45) is 0 Å². The molecule has 0 fully saturated rings. The molecule has 2 aromatic heterocycles. The minimum Gasteiger partial charge on any atom is -0.363 e. The van der Waals surface area contributed by atoms with Gasteiger partial charge in [-0.1, -0.05) is 6.07 Å². The molecule has 16 heavy (non-hydrogen) atoms. The van der Waals surface area contributed by atoms with Crippen LogP contribution in [0.2, 0.25) is 0 Å². The Morgan fingerprint density at radius 2 is 2.06 bits per heavy atom. The van der Waals surface area contributed by atoms with Gasteiger partial charge in [-0.15, -0.1) is 0 Å². The summed E-state index contributed by atoms with van der Waals surface area (Å²) in [5.41, 5.74) is 1.14.